The smallest absolute Gasteiger partial charge is 0.335 e. The summed E-state index contributed by atoms with van der Waals surface area (Å²) in [5.41, 5.74) is 0.520. The topological polar surface area (TPSA) is 46.5 Å². The van der Waals surface area contributed by atoms with E-state index in [-0.39, 0.29) is 17.7 Å². The maximum Gasteiger partial charge on any atom is 0.335 e. The molecule has 0 unspecified atom stereocenters. The normalized spacial score (nSPS) is 13.1. The highest BCUT2D eigenvalue weighted by Crippen LogP contribution is 2.36. The number of benzene rings is 2. The Balaban J connectivity index is 2.21. The van der Waals surface area contributed by atoms with Crippen molar-refractivity contribution in [1.29, 1.82) is 0 Å². The molecule has 1 N–H and O–H groups in total. The third-order valence-electron chi connectivity index (χ3n) is 3.28. The van der Waals surface area contributed by atoms with Crippen LogP contribution in [0.15, 0.2) is 42.5 Å². The van der Waals surface area contributed by atoms with Crippen molar-refractivity contribution in [1.82, 2.24) is 0 Å². The molecule has 3 nitrogen and oxygen atoms in total. The minimum absolute atomic E-state index is 0.0295. The molecule has 0 saturated carbocycles. The molecule has 1 aliphatic rings. The summed E-state index contributed by atoms with van der Waals surface area (Å²) in [6, 6.07) is 7.84. The highest BCUT2D eigenvalue weighted by molar-refractivity contribution is 5.92. The number of hydrogen-bond donors (Lipinski definition) is 1. The summed E-state index contributed by atoms with van der Waals surface area (Å²) < 4.78 is 33.3. The predicted octanol–water partition coefficient (Wildman–Crippen LogP) is 3.49. The largest absolute Gasteiger partial charge is 0.489 e. The van der Waals surface area contributed by atoms with E-state index in [0.717, 1.165) is 12.1 Å². The molecule has 21 heavy (non-hydrogen) atoms. The molecular weight excluding hydrogens is 278 g/mol. The van der Waals surface area contributed by atoms with Crippen molar-refractivity contribution in [2.75, 3.05) is 6.61 Å². The molecule has 2 aromatic rings. The van der Waals surface area contributed by atoms with E-state index < -0.39 is 17.6 Å². The van der Waals surface area contributed by atoms with Crippen LogP contribution in [0.1, 0.15) is 21.5 Å². The average Bonchev–Trinajstić information content (AvgIpc) is 2.46. The molecule has 0 amide bonds. The molecule has 1 heterocycles. The molecular formula is C16H10F2O3. The number of carboxylic acids is 1. The number of carbonyl (C=O) groups is 1. The second-order valence-electron chi connectivity index (χ2n) is 4.54. The lowest BCUT2D eigenvalue weighted by Crippen LogP contribution is -2.09. The standard InChI is InChI=1S/C16H10F2O3/c17-12-2-1-3-13(18)15(12)10-6-7-21-14-5-4-9(16(19)20)8-11(10)14/h1-6,8H,7H2,(H,19,20). The van der Waals surface area contributed by atoms with Crippen molar-refractivity contribution in [3.05, 3.63) is 70.8 Å². The van der Waals surface area contributed by atoms with Gasteiger partial charge in [0.15, 0.2) is 0 Å². The number of ether oxygens (including phenoxy) is 1. The second kappa shape index (κ2) is 5.01. The van der Waals surface area contributed by atoms with Gasteiger partial charge in [0.05, 0.1) is 11.1 Å². The number of aromatic carboxylic acids is 1. The first-order valence-corrected chi connectivity index (χ1v) is 6.23. The van der Waals surface area contributed by atoms with Gasteiger partial charge in [-0.3, -0.25) is 0 Å². The first-order chi connectivity index (χ1) is 10.1. The number of carboxylic acid groups (broad SMARTS) is 1. The Morgan fingerprint density at radius 1 is 1.14 bits per heavy atom. The van der Waals surface area contributed by atoms with Gasteiger partial charge in [-0.1, -0.05) is 6.07 Å². The maximum atomic E-state index is 14.0. The van der Waals surface area contributed by atoms with E-state index in [2.05, 4.69) is 0 Å². The quantitative estimate of drug-likeness (QED) is 0.920. The van der Waals surface area contributed by atoms with Gasteiger partial charge in [0.1, 0.15) is 24.0 Å². The molecule has 2 aromatic carbocycles. The molecule has 0 saturated heterocycles. The molecule has 106 valence electrons. The van der Waals surface area contributed by atoms with Crippen molar-refractivity contribution in [3.63, 3.8) is 0 Å². The zero-order valence-electron chi connectivity index (χ0n) is 10.8. The first-order valence-electron chi connectivity index (χ1n) is 6.23. The van der Waals surface area contributed by atoms with Crippen LogP contribution >= 0.6 is 0 Å². The van der Waals surface area contributed by atoms with Gasteiger partial charge in [0.25, 0.3) is 0 Å². The molecule has 0 fully saturated rings. The van der Waals surface area contributed by atoms with E-state index in [4.69, 9.17) is 9.84 Å². The summed E-state index contributed by atoms with van der Waals surface area (Å²) in [5.74, 6) is -2.11. The average molecular weight is 288 g/mol. The molecule has 0 aromatic heterocycles. The van der Waals surface area contributed by atoms with Crippen LogP contribution in [-0.2, 0) is 0 Å². The van der Waals surface area contributed by atoms with Crippen molar-refractivity contribution < 1.29 is 23.4 Å². The van der Waals surface area contributed by atoms with Crippen LogP contribution in [0.4, 0.5) is 8.78 Å². The minimum atomic E-state index is -1.11. The van der Waals surface area contributed by atoms with E-state index in [1.165, 1.54) is 30.3 Å². The van der Waals surface area contributed by atoms with Gasteiger partial charge in [0.2, 0.25) is 0 Å². The van der Waals surface area contributed by atoms with Crippen molar-refractivity contribution in [2.24, 2.45) is 0 Å². The molecule has 0 aliphatic carbocycles. The van der Waals surface area contributed by atoms with E-state index in [1.807, 2.05) is 0 Å². The molecule has 5 heteroatoms. The van der Waals surface area contributed by atoms with Gasteiger partial charge in [-0.2, -0.15) is 0 Å². The maximum absolute atomic E-state index is 14.0. The van der Waals surface area contributed by atoms with Crippen LogP contribution < -0.4 is 4.74 Å². The fourth-order valence-corrected chi connectivity index (χ4v) is 2.32. The van der Waals surface area contributed by atoms with E-state index in [1.54, 1.807) is 0 Å². The van der Waals surface area contributed by atoms with E-state index in [0.29, 0.717) is 16.9 Å². The summed E-state index contributed by atoms with van der Waals surface area (Å²) in [6.45, 7) is 0.169. The third-order valence-corrected chi connectivity index (χ3v) is 3.28. The molecule has 1 aliphatic heterocycles. The Bertz CT molecular complexity index is 746. The monoisotopic (exact) mass is 288 g/mol. The number of rotatable bonds is 2. The Morgan fingerprint density at radius 2 is 1.86 bits per heavy atom. The third kappa shape index (κ3) is 2.27. The highest BCUT2D eigenvalue weighted by atomic mass is 19.1. The van der Waals surface area contributed by atoms with Gasteiger partial charge in [0, 0.05) is 5.56 Å². The fraction of sp³-hybridized carbons (Fsp3) is 0.0625. The van der Waals surface area contributed by atoms with Gasteiger partial charge in [-0.05, 0) is 42.0 Å². The minimum Gasteiger partial charge on any atom is -0.489 e. The van der Waals surface area contributed by atoms with Crippen LogP contribution in [-0.4, -0.2) is 17.7 Å². The fourth-order valence-electron chi connectivity index (χ4n) is 2.32. The van der Waals surface area contributed by atoms with Crippen LogP contribution in [0.25, 0.3) is 5.57 Å². The highest BCUT2D eigenvalue weighted by Gasteiger charge is 2.22. The zero-order valence-corrected chi connectivity index (χ0v) is 10.8. The second-order valence-corrected chi connectivity index (χ2v) is 4.54. The van der Waals surface area contributed by atoms with Gasteiger partial charge in [-0.25, -0.2) is 13.6 Å². The number of fused-ring (bicyclic) bond motifs is 1. The lowest BCUT2D eigenvalue weighted by Gasteiger charge is -2.20. The van der Waals surface area contributed by atoms with E-state index >= 15 is 0 Å². The molecule has 0 atom stereocenters. The molecule has 3 rings (SSSR count). The Kier molecular flexibility index (Phi) is 3.17. The number of hydrogen-bond acceptors (Lipinski definition) is 2. The SMILES string of the molecule is O=C(O)c1ccc2c(c1)C(c1c(F)cccc1F)=CCO2. The van der Waals surface area contributed by atoms with E-state index in [9.17, 15) is 13.6 Å². The number of halogens is 2. The lowest BCUT2D eigenvalue weighted by molar-refractivity contribution is 0.0697. The first kappa shape index (κ1) is 13.3. The summed E-state index contributed by atoms with van der Waals surface area (Å²) in [6.07, 6.45) is 1.54. The summed E-state index contributed by atoms with van der Waals surface area (Å²) in [7, 11) is 0. The van der Waals surface area contributed by atoms with Crippen LogP contribution in [0.3, 0.4) is 0 Å². The van der Waals surface area contributed by atoms with Gasteiger partial charge >= 0.3 is 5.97 Å². The van der Waals surface area contributed by atoms with Crippen LogP contribution in [0.2, 0.25) is 0 Å². The Morgan fingerprint density at radius 3 is 2.52 bits per heavy atom. The van der Waals surface area contributed by atoms with Gasteiger partial charge < -0.3 is 9.84 Å². The summed E-state index contributed by atoms with van der Waals surface area (Å²) >= 11 is 0. The zero-order chi connectivity index (χ0) is 15.0. The van der Waals surface area contributed by atoms with Crippen LogP contribution in [0, 0.1) is 11.6 Å². The Labute approximate surface area is 119 Å². The predicted molar refractivity (Wildman–Crippen MR) is 72.3 cm³/mol. The molecule has 0 bridgehead atoms. The lowest BCUT2D eigenvalue weighted by atomic mass is 9.93. The van der Waals surface area contributed by atoms with Crippen molar-refractivity contribution in [3.8, 4) is 5.75 Å². The van der Waals surface area contributed by atoms with Crippen LogP contribution in [0.5, 0.6) is 5.75 Å². The molecule has 0 radical (unpaired) electrons. The Hall–Kier alpha value is -2.69. The van der Waals surface area contributed by atoms with Crippen molar-refractivity contribution >= 4 is 11.5 Å². The summed E-state index contributed by atoms with van der Waals surface area (Å²) in [4.78, 5) is 11.1. The molecule has 0 spiro atoms. The van der Waals surface area contributed by atoms with Gasteiger partial charge in [-0.15, -0.1) is 0 Å². The van der Waals surface area contributed by atoms with Crippen molar-refractivity contribution in [2.45, 2.75) is 0 Å². The summed E-state index contributed by atoms with van der Waals surface area (Å²) in [5, 5.41) is 9.04.